The maximum Gasteiger partial charge on any atom is 0.115 e. The lowest BCUT2D eigenvalue weighted by molar-refractivity contribution is -0.0369. The smallest absolute Gasteiger partial charge is 0.115 e. The predicted molar refractivity (Wildman–Crippen MR) is 304 cm³/mol. The van der Waals surface area contributed by atoms with Crippen LogP contribution in [0.4, 0.5) is 0 Å². The number of hydrogen-bond acceptors (Lipinski definition) is 11. The van der Waals surface area contributed by atoms with Gasteiger partial charge in [0.25, 0.3) is 0 Å². The van der Waals surface area contributed by atoms with Crippen LogP contribution in [-0.4, -0.2) is 127 Å². The van der Waals surface area contributed by atoms with Gasteiger partial charge in [0.1, 0.15) is 11.5 Å². The molecular weight excluding hydrogens is 951 g/mol. The average Bonchev–Trinajstić information content (AvgIpc) is 3.49. The maximum atomic E-state index is 10.5. The first-order valence-corrected chi connectivity index (χ1v) is 30.5. The summed E-state index contributed by atoms with van der Waals surface area (Å²) in [6.07, 6.45) is 22.2. The summed E-state index contributed by atoms with van der Waals surface area (Å²) in [7, 11) is 0. The molecule has 11 nitrogen and oxygen atoms in total. The number of aromatic hydroxyl groups is 2. The Morgan fingerprint density at radius 2 is 0.776 bits per heavy atom. The van der Waals surface area contributed by atoms with Crippen LogP contribution >= 0.6 is 0 Å². The Bertz CT molecular complexity index is 2010. The van der Waals surface area contributed by atoms with Crippen LogP contribution in [0.15, 0.2) is 54.6 Å². The number of nitrogens with one attached hydrogen (secondary N) is 3. The molecule has 6 aliphatic carbocycles. The minimum Gasteiger partial charge on any atom is -0.508 e. The summed E-state index contributed by atoms with van der Waals surface area (Å²) in [6, 6.07) is 20.4. The van der Waals surface area contributed by atoms with Gasteiger partial charge < -0.3 is 54.6 Å². The number of phenols is 2. The van der Waals surface area contributed by atoms with Crippen LogP contribution in [0.1, 0.15) is 156 Å². The van der Waals surface area contributed by atoms with Gasteiger partial charge in [0.2, 0.25) is 0 Å². The molecule has 76 heavy (non-hydrogen) atoms. The Morgan fingerprint density at radius 1 is 0.434 bits per heavy atom. The monoisotopic (exact) mass is 1050 g/mol. The first-order chi connectivity index (χ1) is 37.0. The van der Waals surface area contributed by atoms with Crippen LogP contribution in [0.2, 0.25) is 0 Å². The Balaban J connectivity index is 0.696. The molecule has 0 spiro atoms. The molecule has 0 aliphatic heterocycles. The molecule has 0 heterocycles. The second-order valence-corrected chi connectivity index (χ2v) is 25.0. The number of fused-ring (bicyclic) bond motifs is 12. The Morgan fingerprint density at radius 3 is 1.16 bits per heavy atom. The minimum atomic E-state index is -0.00223. The second-order valence-electron chi connectivity index (χ2n) is 25.0. The van der Waals surface area contributed by atoms with Crippen LogP contribution in [0.5, 0.6) is 11.5 Å². The molecule has 9 atom stereocenters. The summed E-state index contributed by atoms with van der Waals surface area (Å²) in [5.74, 6) is 2.66. The van der Waals surface area contributed by atoms with Crippen molar-refractivity contribution in [3.63, 3.8) is 0 Å². The van der Waals surface area contributed by atoms with E-state index in [1.54, 1.807) is 11.1 Å². The van der Waals surface area contributed by atoms with Gasteiger partial charge in [0, 0.05) is 59.9 Å². The van der Waals surface area contributed by atoms with Gasteiger partial charge >= 0.3 is 0 Å². The first-order valence-electron chi connectivity index (χ1n) is 30.5. The van der Waals surface area contributed by atoms with Crippen molar-refractivity contribution < 1.29 is 38.6 Å². The van der Waals surface area contributed by atoms with E-state index in [9.17, 15) is 10.2 Å². The summed E-state index contributed by atoms with van der Waals surface area (Å²) >= 11 is 0. The number of aryl methyl sites for hydroxylation is 1. The van der Waals surface area contributed by atoms with Crippen molar-refractivity contribution in [2.24, 2.45) is 23.7 Å². The topological polar surface area (TPSA) is 132 Å². The molecule has 6 bridgehead atoms. The standard InChI is InChI=1S/C65H99N3O8/c1-47-17-18-49-39-52-14-8-5-11-23-63(2,57(49)38-47)60(52)66-26-29-71-32-35-74-44-48(45-75-36-33-72-30-27-67-61-53-15-9-6-12-24-64(61,3)58-42-55(69)21-19-50(58)40-53)46-76-37-34-73-31-28-68-62-54-16-10-7-13-25-65(62,4)59-43-56(70)22-20-51(59)41-54/h17-22,38,42-43,48,52-54,60-62,66-70H,5-16,23-37,39-41,44-46H2,1-4H3/t52-,53-,54-,60-,61-,62-,63+,64+,65+/m0/s1. The van der Waals surface area contributed by atoms with E-state index >= 15 is 0 Å². The van der Waals surface area contributed by atoms with Crippen LogP contribution < -0.4 is 16.0 Å². The zero-order chi connectivity index (χ0) is 52.8. The third-order valence-corrected chi connectivity index (χ3v) is 19.5. The summed E-state index contributed by atoms with van der Waals surface area (Å²) in [4.78, 5) is 0. The van der Waals surface area contributed by atoms with Crippen molar-refractivity contribution in [3.8, 4) is 11.5 Å². The van der Waals surface area contributed by atoms with E-state index < -0.39 is 0 Å². The zero-order valence-corrected chi connectivity index (χ0v) is 47.4. The van der Waals surface area contributed by atoms with Crippen molar-refractivity contribution in [2.75, 3.05) is 98.9 Å². The molecule has 3 saturated carbocycles. The first kappa shape index (κ1) is 57.6. The van der Waals surface area contributed by atoms with Gasteiger partial charge in [0.15, 0.2) is 0 Å². The summed E-state index contributed by atoms with van der Waals surface area (Å²) in [5.41, 5.74) is 10.1. The molecule has 3 aromatic carbocycles. The Labute approximate surface area is 458 Å². The second kappa shape index (κ2) is 27.9. The van der Waals surface area contributed by atoms with Gasteiger partial charge in [-0.3, -0.25) is 0 Å². The normalized spacial score (nSPS) is 29.2. The number of rotatable bonds is 27. The number of ether oxygens (including phenoxy) is 6. The van der Waals surface area contributed by atoms with Gasteiger partial charge in [-0.1, -0.05) is 114 Å². The number of hydrogen-bond donors (Lipinski definition) is 5. The van der Waals surface area contributed by atoms with Crippen LogP contribution in [-0.2, 0) is 63.9 Å². The van der Waals surface area contributed by atoms with E-state index in [2.05, 4.69) is 74.0 Å². The minimum absolute atomic E-state index is 0.00223. The van der Waals surface area contributed by atoms with Crippen molar-refractivity contribution in [1.29, 1.82) is 0 Å². The molecule has 3 aromatic rings. The summed E-state index contributed by atoms with van der Waals surface area (Å²) in [5, 5.41) is 32.8. The van der Waals surface area contributed by atoms with Gasteiger partial charge in [-0.25, -0.2) is 0 Å². The molecule has 9 rings (SSSR count). The van der Waals surface area contributed by atoms with E-state index in [0.29, 0.717) is 127 Å². The van der Waals surface area contributed by atoms with E-state index in [1.807, 2.05) is 24.3 Å². The molecule has 0 unspecified atom stereocenters. The number of phenolic OH excluding ortho intramolecular Hbond substituents is 2. The highest BCUT2D eigenvalue weighted by Crippen LogP contribution is 2.50. The Hall–Kier alpha value is -3.10. The third-order valence-electron chi connectivity index (χ3n) is 19.5. The highest BCUT2D eigenvalue weighted by molar-refractivity contribution is 5.46. The van der Waals surface area contributed by atoms with E-state index in [1.165, 1.54) is 118 Å². The highest BCUT2D eigenvalue weighted by Gasteiger charge is 2.48. The average molecular weight is 1050 g/mol. The van der Waals surface area contributed by atoms with Gasteiger partial charge in [-0.05, 0) is 140 Å². The predicted octanol–water partition coefficient (Wildman–Crippen LogP) is 10.6. The fraction of sp³-hybridized carbons (Fsp3) is 0.723. The van der Waals surface area contributed by atoms with Crippen LogP contribution in [0.3, 0.4) is 0 Å². The molecule has 0 aromatic heterocycles. The van der Waals surface area contributed by atoms with E-state index in [4.69, 9.17) is 28.4 Å². The lowest BCUT2D eigenvalue weighted by atomic mass is 9.59. The van der Waals surface area contributed by atoms with Gasteiger partial charge in [-0.15, -0.1) is 0 Å². The summed E-state index contributed by atoms with van der Waals surface area (Å²) < 4.78 is 37.2. The number of benzene rings is 3. The van der Waals surface area contributed by atoms with Gasteiger partial charge in [-0.2, -0.15) is 0 Å². The lowest BCUT2D eigenvalue weighted by Gasteiger charge is -2.49. The van der Waals surface area contributed by atoms with Crippen molar-refractivity contribution >= 4 is 0 Å². The zero-order valence-electron chi connectivity index (χ0n) is 47.4. The molecule has 0 amide bonds. The van der Waals surface area contributed by atoms with Crippen molar-refractivity contribution in [2.45, 2.75) is 178 Å². The quantitative estimate of drug-likeness (QED) is 0.0468. The van der Waals surface area contributed by atoms with E-state index in [0.717, 1.165) is 45.3 Å². The van der Waals surface area contributed by atoms with Crippen molar-refractivity contribution in [3.05, 3.63) is 93.5 Å². The molecule has 0 saturated heterocycles. The largest absolute Gasteiger partial charge is 0.508 e. The van der Waals surface area contributed by atoms with E-state index in [-0.39, 0.29) is 22.2 Å². The molecule has 422 valence electrons. The third kappa shape index (κ3) is 14.3. The fourth-order valence-electron chi connectivity index (χ4n) is 15.7. The maximum absolute atomic E-state index is 10.5. The Kier molecular flexibility index (Phi) is 21.1. The molecule has 6 aliphatic rings. The molecule has 5 N–H and O–H groups in total. The highest BCUT2D eigenvalue weighted by atomic mass is 16.5. The molecule has 0 radical (unpaired) electrons. The molecule has 3 fully saturated rings. The SMILES string of the molecule is Cc1ccc2c(c1)[C@@]1(C)CCCCC[C@@H](C2)[C@@H]1NCCOCCOCC(COCCOCCN[C@H]1[C@H]2CCCCC[C@]1(C)c1cc(O)ccc1C2)COCCOCCN[C@H]1[C@H]2CCCCC[C@]1(C)c1cc(O)ccc1C2. The fourth-order valence-corrected chi connectivity index (χ4v) is 15.7. The van der Waals surface area contributed by atoms with Gasteiger partial charge in [0.05, 0.1) is 79.3 Å². The lowest BCUT2D eigenvalue weighted by Crippen LogP contribution is -2.56. The summed E-state index contributed by atoms with van der Waals surface area (Å²) in [6.45, 7) is 18.7. The molecular formula is C65H99N3O8. The van der Waals surface area contributed by atoms with Crippen LogP contribution in [0, 0.1) is 30.6 Å². The van der Waals surface area contributed by atoms with Crippen LogP contribution in [0.25, 0.3) is 0 Å². The van der Waals surface area contributed by atoms with Crippen molar-refractivity contribution in [1.82, 2.24) is 16.0 Å². The molecule has 11 heteroatoms.